The number of aromatic nitrogens is 3. The number of aliphatic hydroxyl groups excluding tert-OH is 1. The lowest BCUT2D eigenvalue weighted by atomic mass is 9.82. The van der Waals surface area contributed by atoms with Crippen molar-refractivity contribution in [2.75, 3.05) is 16.4 Å². The van der Waals surface area contributed by atoms with E-state index in [1.165, 1.54) is 0 Å². The first-order valence-electron chi connectivity index (χ1n) is 19.0. The molecule has 5 aromatic carbocycles. The Morgan fingerprint density at radius 1 is 0.929 bits per heavy atom. The predicted octanol–water partition coefficient (Wildman–Crippen LogP) is 7.94. The van der Waals surface area contributed by atoms with Gasteiger partial charge < -0.3 is 19.5 Å². The highest BCUT2D eigenvalue weighted by molar-refractivity contribution is 6.71. The van der Waals surface area contributed by atoms with Gasteiger partial charge in [0, 0.05) is 45.9 Å². The molecule has 0 bridgehead atoms. The number of benzene rings is 5. The van der Waals surface area contributed by atoms with E-state index in [-0.39, 0.29) is 42.3 Å². The lowest BCUT2D eigenvalue weighted by Crippen LogP contribution is -2.46. The van der Waals surface area contributed by atoms with Crippen LogP contribution < -0.4 is 9.80 Å². The van der Waals surface area contributed by atoms with Crippen LogP contribution in [0, 0.1) is 5.92 Å². The summed E-state index contributed by atoms with van der Waals surface area (Å²) in [6.45, 7) is 6.45. The van der Waals surface area contributed by atoms with Crippen molar-refractivity contribution in [2.24, 2.45) is 5.92 Å². The van der Waals surface area contributed by atoms with E-state index in [0.717, 1.165) is 39.0 Å². The van der Waals surface area contributed by atoms with Gasteiger partial charge in [0.15, 0.2) is 13.9 Å². The van der Waals surface area contributed by atoms with Crippen LogP contribution in [0.4, 0.5) is 17.1 Å². The number of aliphatic hydroxyl groups is 1. The Balaban J connectivity index is 0.985. The van der Waals surface area contributed by atoms with Crippen molar-refractivity contribution in [3.63, 3.8) is 0 Å². The van der Waals surface area contributed by atoms with E-state index in [1.807, 2.05) is 129 Å². The number of ether oxygens (including phenoxy) is 1. The third kappa shape index (κ3) is 5.80. The SMILES string of the molecule is C[C@@H]1[C@@H]([Si](C)(C)O)[C@H](CCn2cc(C(CO)c3ccccc3)nn2)O[C@@]12C(=O)N(Cc1ccc(N3C(=O)c4cccc5cccc3c45)cc1)c1ccc(Cl)cc12. The summed E-state index contributed by atoms with van der Waals surface area (Å²) < 4.78 is 8.77. The van der Waals surface area contributed by atoms with Gasteiger partial charge in [-0.05, 0) is 78.5 Å². The van der Waals surface area contributed by atoms with Gasteiger partial charge in [0.1, 0.15) is 0 Å². The number of nitrogens with zero attached hydrogens (tertiary/aromatic N) is 5. The fourth-order valence-electron chi connectivity index (χ4n) is 9.48. The molecule has 1 fully saturated rings. The smallest absolute Gasteiger partial charge is 0.264 e. The van der Waals surface area contributed by atoms with Gasteiger partial charge in [-0.25, -0.2) is 0 Å². The molecule has 5 atom stereocenters. The second kappa shape index (κ2) is 13.8. The molecule has 0 radical (unpaired) electrons. The molecule has 2 N–H and O–H groups in total. The molecule has 1 spiro atoms. The van der Waals surface area contributed by atoms with Gasteiger partial charge in [-0.2, -0.15) is 0 Å². The Kier molecular flexibility index (Phi) is 8.98. The highest BCUT2D eigenvalue weighted by Gasteiger charge is 2.66. The monoisotopic (exact) mass is 783 g/mol. The van der Waals surface area contributed by atoms with E-state index >= 15 is 0 Å². The number of carbonyl (C=O) groups excluding carboxylic acids is 2. The second-order valence-corrected chi connectivity index (χ2v) is 20.2. The van der Waals surface area contributed by atoms with Gasteiger partial charge in [0.05, 0.1) is 47.8 Å². The third-order valence-corrected chi connectivity index (χ3v) is 14.7. The van der Waals surface area contributed by atoms with Crippen molar-refractivity contribution < 1.29 is 24.2 Å². The van der Waals surface area contributed by atoms with Crippen molar-refractivity contribution in [3.05, 3.63) is 148 Å². The average molecular weight is 784 g/mol. The molecule has 1 saturated heterocycles. The highest BCUT2D eigenvalue weighted by Crippen LogP contribution is 2.60. The number of hydrogen-bond acceptors (Lipinski definition) is 7. The van der Waals surface area contributed by atoms with Gasteiger partial charge >= 0.3 is 0 Å². The maximum atomic E-state index is 15.0. The third-order valence-electron chi connectivity index (χ3n) is 12.0. The first-order chi connectivity index (χ1) is 27.0. The number of amides is 2. The van der Waals surface area contributed by atoms with Crippen molar-refractivity contribution in [1.29, 1.82) is 0 Å². The van der Waals surface area contributed by atoms with Crippen molar-refractivity contribution in [1.82, 2.24) is 15.0 Å². The van der Waals surface area contributed by atoms with E-state index in [2.05, 4.69) is 10.3 Å². The summed E-state index contributed by atoms with van der Waals surface area (Å²) in [5.74, 6) is -0.915. The molecule has 2 amide bonds. The summed E-state index contributed by atoms with van der Waals surface area (Å²) in [6.07, 6.45) is 1.89. The second-order valence-electron chi connectivity index (χ2n) is 15.7. The molecule has 3 aliphatic rings. The van der Waals surface area contributed by atoms with E-state index in [9.17, 15) is 19.5 Å². The molecular weight excluding hydrogens is 742 g/mol. The zero-order chi connectivity index (χ0) is 38.9. The van der Waals surface area contributed by atoms with Crippen LogP contribution in [-0.2, 0) is 28.2 Å². The first-order valence-corrected chi connectivity index (χ1v) is 22.4. The number of hydrogen-bond donors (Lipinski definition) is 2. The molecule has 9 rings (SSSR count). The summed E-state index contributed by atoms with van der Waals surface area (Å²) in [6, 6.07) is 34.7. The minimum atomic E-state index is -2.91. The number of rotatable bonds is 10. The minimum Gasteiger partial charge on any atom is -0.432 e. The molecule has 284 valence electrons. The maximum absolute atomic E-state index is 15.0. The fraction of sp³-hybridized carbons (Fsp3) is 0.273. The van der Waals surface area contributed by atoms with Crippen LogP contribution in [0.2, 0.25) is 23.7 Å². The lowest BCUT2D eigenvalue weighted by molar-refractivity contribution is -0.146. The normalized spacial score (nSPS) is 22.1. The molecule has 0 saturated carbocycles. The largest absolute Gasteiger partial charge is 0.432 e. The number of carbonyl (C=O) groups is 2. The average Bonchev–Trinajstić information content (AvgIpc) is 3.92. The summed E-state index contributed by atoms with van der Waals surface area (Å²) >= 11 is 6.64. The molecular formula is C44H42ClN5O5Si. The minimum absolute atomic E-state index is 0.0651. The standard InChI is InChI=1S/C44H42ClN5O5Si/c1-27-41(56(2,3)54)39(21-22-48-25-36(46-47-48)34(26-51)29-9-5-4-6-10-29)55-44(27)35-23-31(45)17-20-37(35)49(43(44)53)24-28-15-18-32(19-16-28)50-38-14-8-12-30-11-7-13-33(40(30)38)42(50)52/h4-20,23,25,27,34,39,41,51,54H,21-22,24,26H2,1-3H3/t27-,34?,39+,41-,44+/m1/s1. The Morgan fingerprint density at radius 3 is 2.41 bits per heavy atom. The van der Waals surface area contributed by atoms with Gasteiger partial charge in [-0.3, -0.25) is 19.2 Å². The number of fused-ring (bicyclic) bond motifs is 2. The fourth-order valence-corrected chi connectivity index (χ4v) is 12.3. The van der Waals surface area contributed by atoms with Crippen molar-refractivity contribution in [2.45, 2.75) is 62.7 Å². The van der Waals surface area contributed by atoms with Crippen LogP contribution in [0.25, 0.3) is 10.8 Å². The van der Waals surface area contributed by atoms with E-state index < -0.39 is 20.0 Å². The molecule has 10 nitrogen and oxygen atoms in total. The Bertz CT molecular complexity index is 2480. The van der Waals surface area contributed by atoms with Gasteiger partial charge in [0.25, 0.3) is 11.8 Å². The van der Waals surface area contributed by atoms with Crippen LogP contribution in [0.3, 0.4) is 0 Å². The van der Waals surface area contributed by atoms with E-state index in [0.29, 0.717) is 34.8 Å². The van der Waals surface area contributed by atoms with Crippen LogP contribution >= 0.6 is 11.6 Å². The summed E-state index contributed by atoms with van der Waals surface area (Å²) in [7, 11) is -2.91. The van der Waals surface area contributed by atoms with Gasteiger partial charge in [-0.15, -0.1) is 5.10 Å². The van der Waals surface area contributed by atoms with Gasteiger partial charge in [0.2, 0.25) is 0 Å². The van der Waals surface area contributed by atoms with Crippen molar-refractivity contribution in [3.8, 4) is 0 Å². The quantitative estimate of drug-likeness (QED) is 0.135. The molecule has 1 unspecified atom stereocenters. The Labute approximate surface area is 331 Å². The van der Waals surface area contributed by atoms with Gasteiger partial charge in [-0.1, -0.05) is 90.5 Å². The topological polar surface area (TPSA) is 121 Å². The Morgan fingerprint density at radius 2 is 1.68 bits per heavy atom. The molecule has 0 aliphatic carbocycles. The first kappa shape index (κ1) is 36.5. The summed E-state index contributed by atoms with van der Waals surface area (Å²) in [4.78, 5) is 43.9. The summed E-state index contributed by atoms with van der Waals surface area (Å²) in [5.41, 5.74) is 4.60. The maximum Gasteiger partial charge on any atom is 0.264 e. The molecule has 56 heavy (non-hydrogen) atoms. The van der Waals surface area contributed by atoms with Crippen LogP contribution in [0.5, 0.6) is 0 Å². The molecule has 6 aromatic rings. The number of anilines is 3. The number of aryl methyl sites for hydroxylation is 1. The number of halogens is 1. The zero-order valence-electron chi connectivity index (χ0n) is 31.3. The van der Waals surface area contributed by atoms with Crippen LogP contribution in [-0.4, -0.2) is 57.7 Å². The summed E-state index contributed by atoms with van der Waals surface area (Å²) in [5, 5.41) is 21.4. The molecule has 4 heterocycles. The molecule has 12 heteroatoms. The molecule has 3 aliphatic heterocycles. The molecule has 1 aromatic heterocycles. The van der Waals surface area contributed by atoms with Crippen molar-refractivity contribution >= 4 is 59.6 Å². The van der Waals surface area contributed by atoms with E-state index in [4.69, 9.17) is 16.3 Å². The zero-order valence-corrected chi connectivity index (χ0v) is 33.1. The van der Waals surface area contributed by atoms with Crippen LogP contribution in [0.1, 0.15) is 52.0 Å². The van der Waals surface area contributed by atoms with Crippen LogP contribution in [0.15, 0.2) is 115 Å². The highest BCUT2D eigenvalue weighted by atomic mass is 35.5. The lowest BCUT2D eigenvalue weighted by Gasteiger charge is -2.32. The van der Waals surface area contributed by atoms with E-state index in [1.54, 1.807) is 20.5 Å². The predicted molar refractivity (Wildman–Crippen MR) is 219 cm³/mol. The Hall–Kier alpha value is -5.17.